The molecule has 2 rings (SSSR count). The van der Waals surface area contributed by atoms with E-state index in [0.717, 1.165) is 48.7 Å². The Morgan fingerprint density at radius 3 is 2.79 bits per heavy atom. The highest BCUT2D eigenvalue weighted by atomic mass is 16.2. The topological polar surface area (TPSA) is 32.3 Å². The normalized spacial score (nSPS) is 19.9. The molecule has 1 heterocycles. The van der Waals surface area contributed by atoms with Gasteiger partial charge in [-0.25, -0.2) is 0 Å². The van der Waals surface area contributed by atoms with Gasteiger partial charge in [0.15, 0.2) is 0 Å². The number of carbonyl (C=O) groups is 1. The molecule has 1 saturated heterocycles. The van der Waals surface area contributed by atoms with Gasteiger partial charge in [-0.2, -0.15) is 0 Å². The van der Waals surface area contributed by atoms with Crippen LogP contribution in [0, 0.1) is 12.8 Å². The third kappa shape index (κ3) is 3.28. The molecule has 1 fully saturated rings. The molecular formula is C16H24N2O. The summed E-state index contributed by atoms with van der Waals surface area (Å²) in [6.07, 6.45) is 3.49. The zero-order valence-corrected chi connectivity index (χ0v) is 12.2. The van der Waals surface area contributed by atoms with Crippen molar-refractivity contribution in [3.05, 3.63) is 29.3 Å². The Kier molecular flexibility index (Phi) is 4.46. The number of likely N-dealkylation sites (tertiary alicyclic amines) is 1. The van der Waals surface area contributed by atoms with Crippen molar-refractivity contribution in [2.24, 2.45) is 5.92 Å². The van der Waals surface area contributed by atoms with E-state index in [1.165, 1.54) is 6.42 Å². The second-order valence-electron chi connectivity index (χ2n) is 5.61. The van der Waals surface area contributed by atoms with Crippen LogP contribution in [0.15, 0.2) is 18.2 Å². The molecule has 1 aromatic carbocycles. The number of amides is 1. The van der Waals surface area contributed by atoms with E-state index in [1.807, 2.05) is 37.1 Å². The van der Waals surface area contributed by atoms with Gasteiger partial charge in [0.05, 0.1) is 0 Å². The minimum absolute atomic E-state index is 0.180. The Bertz CT molecular complexity index is 456. The molecule has 0 bridgehead atoms. The fraction of sp³-hybridized carbons (Fsp3) is 0.562. The van der Waals surface area contributed by atoms with E-state index in [2.05, 4.69) is 12.2 Å². The fourth-order valence-corrected chi connectivity index (χ4v) is 2.73. The summed E-state index contributed by atoms with van der Waals surface area (Å²) in [7, 11) is 1.90. The first-order valence-electron chi connectivity index (χ1n) is 7.19. The first kappa shape index (κ1) is 13.9. The Balaban J connectivity index is 2.12. The minimum atomic E-state index is 0.180. The molecule has 0 saturated carbocycles. The molecule has 1 N–H and O–H groups in total. The molecule has 1 amide bonds. The molecule has 1 unspecified atom stereocenters. The Morgan fingerprint density at radius 2 is 2.11 bits per heavy atom. The number of rotatable bonds is 2. The van der Waals surface area contributed by atoms with E-state index < -0.39 is 0 Å². The highest BCUT2D eigenvalue weighted by molar-refractivity contribution is 5.95. The van der Waals surface area contributed by atoms with E-state index in [1.54, 1.807) is 0 Å². The van der Waals surface area contributed by atoms with Gasteiger partial charge in [-0.3, -0.25) is 4.79 Å². The second-order valence-corrected chi connectivity index (χ2v) is 5.61. The first-order chi connectivity index (χ1) is 9.11. The first-order valence-corrected chi connectivity index (χ1v) is 7.19. The number of benzene rings is 1. The predicted molar refractivity (Wildman–Crippen MR) is 79.6 cm³/mol. The smallest absolute Gasteiger partial charge is 0.253 e. The van der Waals surface area contributed by atoms with Gasteiger partial charge in [0.25, 0.3) is 5.91 Å². The third-order valence-corrected chi connectivity index (χ3v) is 4.05. The maximum absolute atomic E-state index is 12.5. The lowest BCUT2D eigenvalue weighted by Crippen LogP contribution is -2.32. The summed E-state index contributed by atoms with van der Waals surface area (Å²) in [5.74, 6) is 0.922. The molecule has 1 aliphatic rings. The molecule has 3 nitrogen and oxygen atoms in total. The van der Waals surface area contributed by atoms with Crippen LogP contribution >= 0.6 is 0 Å². The van der Waals surface area contributed by atoms with E-state index in [4.69, 9.17) is 0 Å². The lowest BCUT2D eigenvalue weighted by molar-refractivity contribution is 0.0760. The van der Waals surface area contributed by atoms with Gasteiger partial charge in [-0.15, -0.1) is 0 Å². The standard InChI is InChI=1S/C16H24N2O/c1-12-5-4-9-18(10-8-12)16(19)14-6-7-15(17-3)13(2)11-14/h6-7,11-12,17H,4-5,8-10H2,1-3H3. The lowest BCUT2D eigenvalue weighted by atomic mass is 10.0. The monoisotopic (exact) mass is 260 g/mol. The molecule has 0 spiro atoms. The lowest BCUT2D eigenvalue weighted by Gasteiger charge is -2.21. The van der Waals surface area contributed by atoms with Crippen molar-refractivity contribution in [2.45, 2.75) is 33.1 Å². The van der Waals surface area contributed by atoms with E-state index in [9.17, 15) is 4.79 Å². The Labute approximate surface area is 116 Å². The summed E-state index contributed by atoms with van der Waals surface area (Å²) < 4.78 is 0. The third-order valence-electron chi connectivity index (χ3n) is 4.05. The number of hydrogen-bond acceptors (Lipinski definition) is 2. The number of aryl methyl sites for hydroxylation is 1. The number of nitrogens with one attached hydrogen (secondary N) is 1. The predicted octanol–water partition coefficient (Wildman–Crippen LogP) is 3.30. The van der Waals surface area contributed by atoms with E-state index >= 15 is 0 Å². The van der Waals surface area contributed by atoms with Crippen molar-refractivity contribution >= 4 is 11.6 Å². The summed E-state index contributed by atoms with van der Waals surface area (Å²) in [5, 5.41) is 3.13. The van der Waals surface area contributed by atoms with Crippen LogP contribution in [0.5, 0.6) is 0 Å². The zero-order valence-electron chi connectivity index (χ0n) is 12.2. The summed E-state index contributed by atoms with van der Waals surface area (Å²) in [6, 6.07) is 5.90. The van der Waals surface area contributed by atoms with Crippen LogP contribution in [0.3, 0.4) is 0 Å². The number of nitrogens with zero attached hydrogens (tertiary/aromatic N) is 1. The Morgan fingerprint density at radius 1 is 1.32 bits per heavy atom. The quantitative estimate of drug-likeness (QED) is 0.885. The number of anilines is 1. The van der Waals surface area contributed by atoms with Crippen molar-refractivity contribution in [1.82, 2.24) is 4.90 Å². The van der Waals surface area contributed by atoms with E-state index in [0.29, 0.717) is 0 Å². The van der Waals surface area contributed by atoms with Gasteiger partial charge >= 0.3 is 0 Å². The van der Waals surface area contributed by atoms with Gasteiger partial charge in [0.1, 0.15) is 0 Å². The van der Waals surface area contributed by atoms with Crippen LogP contribution in [-0.2, 0) is 0 Å². The van der Waals surface area contributed by atoms with Crippen LogP contribution in [0.4, 0.5) is 5.69 Å². The van der Waals surface area contributed by atoms with Gasteiger partial charge < -0.3 is 10.2 Å². The van der Waals surface area contributed by atoms with Gasteiger partial charge in [-0.1, -0.05) is 6.92 Å². The van der Waals surface area contributed by atoms with Gasteiger partial charge in [-0.05, 0) is 55.9 Å². The van der Waals surface area contributed by atoms with Crippen LogP contribution in [0.25, 0.3) is 0 Å². The fourth-order valence-electron chi connectivity index (χ4n) is 2.73. The SMILES string of the molecule is CNc1ccc(C(=O)N2CCCC(C)CC2)cc1C. The molecule has 0 radical (unpaired) electrons. The van der Waals surface area contributed by atoms with Crippen molar-refractivity contribution in [3.8, 4) is 0 Å². The molecule has 1 aliphatic heterocycles. The summed E-state index contributed by atoms with van der Waals surface area (Å²) >= 11 is 0. The Hall–Kier alpha value is -1.51. The maximum atomic E-state index is 12.5. The van der Waals surface area contributed by atoms with Crippen LogP contribution < -0.4 is 5.32 Å². The number of carbonyl (C=O) groups excluding carboxylic acids is 1. The van der Waals surface area contributed by atoms with Crippen LogP contribution in [0.2, 0.25) is 0 Å². The van der Waals surface area contributed by atoms with Gasteiger partial charge in [0.2, 0.25) is 0 Å². The van der Waals surface area contributed by atoms with Gasteiger partial charge in [0, 0.05) is 31.4 Å². The summed E-state index contributed by atoms with van der Waals surface area (Å²) in [6.45, 7) is 6.11. The number of hydrogen-bond donors (Lipinski definition) is 1. The van der Waals surface area contributed by atoms with E-state index in [-0.39, 0.29) is 5.91 Å². The molecule has 0 aliphatic carbocycles. The summed E-state index contributed by atoms with van der Waals surface area (Å²) in [4.78, 5) is 14.5. The zero-order chi connectivity index (χ0) is 13.8. The minimum Gasteiger partial charge on any atom is -0.388 e. The molecule has 19 heavy (non-hydrogen) atoms. The van der Waals surface area contributed by atoms with Crippen LogP contribution in [-0.4, -0.2) is 30.9 Å². The summed E-state index contributed by atoms with van der Waals surface area (Å²) in [5.41, 5.74) is 3.02. The highest BCUT2D eigenvalue weighted by Gasteiger charge is 2.19. The van der Waals surface area contributed by atoms with Crippen molar-refractivity contribution < 1.29 is 4.79 Å². The molecule has 104 valence electrons. The molecule has 0 aromatic heterocycles. The largest absolute Gasteiger partial charge is 0.388 e. The molecule has 1 atom stereocenters. The van der Waals surface area contributed by atoms with Crippen molar-refractivity contribution in [2.75, 3.05) is 25.5 Å². The molecule has 3 heteroatoms. The molecular weight excluding hydrogens is 236 g/mol. The average Bonchev–Trinajstić information content (AvgIpc) is 2.62. The maximum Gasteiger partial charge on any atom is 0.253 e. The molecule has 1 aromatic rings. The van der Waals surface area contributed by atoms with Crippen LogP contribution in [0.1, 0.15) is 42.1 Å². The highest BCUT2D eigenvalue weighted by Crippen LogP contribution is 2.20. The van der Waals surface area contributed by atoms with Crippen molar-refractivity contribution in [1.29, 1.82) is 0 Å². The van der Waals surface area contributed by atoms with Crippen molar-refractivity contribution in [3.63, 3.8) is 0 Å². The second kappa shape index (κ2) is 6.09. The average molecular weight is 260 g/mol.